The van der Waals surface area contributed by atoms with Gasteiger partial charge in [-0.3, -0.25) is 14.4 Å². The molecule has 2 aromatic carbocycles. The van der Waals surface area contributed by atoms with Crippen LogP contribution in [0.2, 0.25) is 5.02 Å². The number of sulfonamides is 1. The van der Waals surface area contributed by atoms with Gasteiger partial charge in [0.05, 0.1) is 5.56 Å². The van der Waals surface area contributed by atoms with E-state index in [9.17, 15) is 22.8 Å². The summed E-state index contributed by atoms with van der Waals surface area (Å²) in [6.07, 6.45) is 0. The first kappa shape index (κ1) is 24.7. The maximum Gasteiger partial charge on any atom is 0.269 e. The molecule has 3 rings (SSSR count). The van der Waals surface area contributed by atoms with Crippen molar-refractivity contribution in [2.45, 2.75) is 38.3 Å². The van der Waals surface area contributed by atoms with Crippen molar-refractivity contribution in [3.05, 3.63) is 64.7 Å². The number of hydrogen-bond donors (Lipinski definition) is 1. The average molecular weight is 492 g/mol. The monoisotopic (exact) mass is 491 g/mol. The van der Waals surface area contributed by atoms with Gasteiger partial charge in [0.2, 0.25) is 11.8 Å². The van der Waals surface area contributed by atoms with Gasteiger partial charge in [0.1, 0.15) is 17.5 Å². The molecule has 33 heavy (non-hydrogen) atoms. The van der Waals surface area contributed by atoms with Crippen LogP contribution in [-0.2, 0) is 26.2 Å². The van der Waals surface area contributed by atoms with Crippen molar-refractivity contribution in [1.29, 1.82) is 0 Å². The summed E-state index contributed by atoms with van der Waals surface area (Å²) in [5, 5.41) is 3.25. The summed E-state index contributed by atoms with van der Waals surface area (Å²) in [6.45, 7) is 5.19. The minimum atomic E-state index is -4.16. The molecule has 1 aliphatic rings. The average Bonchev–Trinajstić information content (AvgIpc) is 2.96. The largest absolute Gasteiger partial charge is 0.354 e. The Morgan fingerprint density at radius 3 is 2.42 bits per heavy atom. The maximum absolute atomic E-state index is 13.3. The number of nitrogens with zero attached hydrogens (tertiary/aromatic N) is 2. The van der Waals surface area contributed by atoms with E-state index >= 15 is 0 Å². The molecule has 0 radical (unpaired) electrons. The van der Waals surface area contributed by atoms with Gasteiger partial charge in [-0.05, 0) is 42.7 Å². The van der Waals surface area contributed by atoms with Crippen LogP contribution in [0.4, 0.5) is 0 Å². The number of amides is 3. The second-order valence-corrected chi connectivity index (χ2v) is 10.5. The van der Waals surface area contributed by atoms with Gasteiger partial charge in [0.25, 0.3) is 15.9 Å². The molecular formula is C23H26ClN3O5S. The number of carbonyl (C=O) groups is 3. The molecule has 10 heteroatoms. The van der Waals surface area contributed by atoms with Crippen LogP contribution >= 0.6 is 11.6 Å². The lowest BCUT2D eigenvalue weighted by molar-refractivity contribution is -0.140. The van der Waals surface area contributed by atoms with Crippen molar-refractivity contribution in [3.63, 3.8) is 0 Å². The van der Waals surface area contributed by atoms with Gasteiger partial charge < -0.3 is 10.2 Å². The van der Waals surface area contributed by atoms with Crippen LogP contribution in [0.15, 0.2) is 53.4 Å². The molecule has 3 amide bonds. The van der Waals surface area contributed by atoms with Crippen molar-refractivity contribution in [2.75, 3.05) is 13.1 Å². The fraction of sp³-hybridized carbons (Fsp3) is 0.348. The first-order chi connectivity index (χ1) is 15.5. The van der Waals surface area contributed by atoms with E-state index < -0.39 is 34.4 Å². The molecule has 0 bridgehead atoms. The molecule has 8 nitrogen and oxygen atoms in total. The van der Waals surface area contributed by atoms with E-state index in [-0.39, 0.29) is 28.8 Å². The van der Waals surface area contributed by atoms with Gasteiger partial charge in [-0.25, -0.2) is 12.7 Å². The highest BCUT2D eigenvalue weighted by Crippen LogP contribution is 2.30. The van der Waals surface area contributed by atoms with E-state index in [1.165, 1.54) is 23.1 Å². The number of carbonyl (C=O) groups excluding carboxylic acids is 3. The topological polar surface area (TPSA) is 104 Å². The summed E-state index contributed by atoms with van der Waals surface area (Å²) in [7, 11) is -4.16. The Kier molecular flexibility index (Phi) is 7.44. The number of halogens is 1. The molecule has 0 fully saturated rings. The van der Waals surface area contributed by atoms with Gasteiger partial charge in [0.15, 0.2) is 0 Å². The van der Waals surface area contributed by atoms with Crippen LogP contribution in [0.1, 0.15) is 36.7 Å². The smallest absolute Gasteiger partial charge is 0.269 e. The summed E-state index contributed by atoms with van der Waals surface area (Å²) >= 11 is 6.07. The number of benzene rings is 2. The first-order valence-corrected chi connectivity index (χ1v) is 12.3. The highest BCUT2D eigenvalue weighted by Gasteiger charge is 2.43. The second kappa shape index (κ2) is 9.93. The third kappa shape index (κ3) is 5.36. The standard InChI is InChI=1S/C23H26ClN3O5S/c1-15(2)12-25-22(29)16(3)26(13-17-7-6-8-18(24)11-17)21(28)14-27-23(30)19-9-4-5-10-20(19)33(27,31)32/h4-11,15-16H,12-14H2,1-3H3,(H,25,29)/t16-/m0/s1. The fourth-order valence-electron chi connectivity index (χ4n) is 3.47. The van der Waals surface area contributed by atoms with Crippen LogP contribution in [0.3, 0.4) is 0 Å². The molecule has 1 heterocycles. The summed E-state index contributed by atoms with van der Waals surface area (Å²) in [5.74, 6) is -1.60. The Balaban J connectivity index is 1.87. The van der Waals surface area contributed by atoms with Crippen molar-refractivity contribution >= 4 is 39.3 Å². The molecule has 1 aliphatic heterocycles. The van der Waals surface area contributed by atoms with Crippen LogP contribution in [0.5, 0.6) is 0 Å². The Morgan fingerprint density at radius 2 is 1.79 bits per heavy atom. The molecule has 0 unspecified atom stereocenters. The molecule has 0 spiro atoms. The van der Waals surface area contributed by atoms with Crippen LogP contribution in [0, 0.1) is 5.92 Å². The van der Waals surface area contributed by atoms with E-state index in [1.54, 1.807) is 37.3 Å². The molecule has 0 saturated heterocycles. The van der Waals surface area contributed by atoms with Gasteiger partial charge in [-0.15, -0.1) is 0 Å². The van der Waals surface area contributed by atoms with E-state index in [2.05, 4.69) is 5.32 Å². The highest BCUT2D eigenvalue weighted by molar-refractivity contribution is 7.90. The Bertz CT molecular complexity index is 1180. The van der Waals surface area contributed by atoms with E-state index in [1.807, 2.05) is 13.8 Å². The van der Waals surface area contributed by atoms with Gasteiger partial charge >= 0.3 is 0 Å². The molecular weight excluding hydrogens is 466 g/mol. The van der Waals surface area contributed by atoms with Crippen LogP contribution in [-0.4, -0.2) is 54.5 Å². The van der Waals surface area contributed by atoms with E-state index in [4.69, 9.17) is 11.6 Å². The molecule has 1 N–H and O–H groups in total. The Labute approximate surface area is 198 Å². The minimum absolute atomic E-state index is 0.0185. The second-order valence-electron chi connectivity index (χ2n) is 8.28. The van der Waals surface area contributed by atoms with E-state index in [0.29, 0.717) is 21.4 Å². The molecule has 176 valence electrons. The van der Waals surface area contributed by atoms with Gasteiger partial charge in [-0.2, -0.15) is 0 Å². The SMILES string of the molecule is CC(C)CNC(=O)[C@H](C)N(Cc1cccc(Cl)c1)C(=O)CN1C(=O)c2ccccc2S1(=O)=O. The number of nitrogens with one attached hydrogen (secondary N) is 1. The van der Waals surface area contributed by atoms with Crippen LogP contribution < -0.4 is 5.32 Å². The number of rotatable bonds is 8. The third-order valence-corrected chi connectivity index (χ3v) is 7.31. The lowest BCUT2D eigenvalue weighted by Gasteiger charge is -2.30. The summed E-state index contributed by atoms with van der Waals surface area (Å²) in [6, 6.07) is 11.7. The minimum Gasteiger partial charge on any atom is -0.354 e. The van der Waals surface area contributed by atoms with Crippen molar-refractivity contribution < 1.29 is 22.8 Å². The quantitative estimate of drug-likeness (QED) is 0.611. The zero-order chi connectivity index (χ0) is 24.3. The zero-order valence-corrected chi connectivity index (χ0v) is 20.2. The molecule has 0 aliphatic carbocycles. The molecule has 0 saturated carbocycles. The van der Waals surface area contributed by atoms with Crippen molar-refractivity contribution in [1.82, 2.24) is 14.5 Å². The molecule has 0 aromatic heterocycles. The number of fused-ring (bicyclic) bond motifs is 1. The fourth-order valence-corrected chi connectivity index (χ4v) is 5.20. The van der Waals surface area contributed by atoms with E-state index in [0.717, 1.165) is 0 Å². The summed E-state index contributed by atoms with van der Waals surface area (Å²) < 4.78 is 26.3. The van der Waals surface area contributed by atoms with Gasteiger partial charge in [0, 0.05) is 18.1 Å². The Hall–Kier alpha value is -2.91. The summed E-state index contributed by atoms with van der Waals surface area (Å²) in [5.41, 5.74) is 0.688. The van der Waals surface area contributed by atoms with Crippen molar-refractivity contribution in [2.24, 2.45) is 5.92 Å². The Morgan fingerprint density at radius 1 is 1.09 bits per heavy atom. The summed E-state index contributed by atoms with van der Waals surface area (Å²) in [4.78, 5) is 39.9. The lowest BCUT2D eigenvalue weighted by Crippen LogP contribution is -2.51. The van der Waals surface area contributed by atoms with Crippen LogP contribution in [0.25, 0.3) is 0 Å². The third-order valence-electron chi connectivity index (χ3n) is 5.28. The number of hydrogen-bond acceptors (Lipinski definition) is 5. The predicted octanol–water partition coefficient (Wildman–Crippen LogP) is 2.67. The maximum atomic E-state index is 13.3. The van der Waals surface area contributed by atoms with Crippen molar-refractivity contribution in [3.8, 4) is 0 Å². The molecule has 1 atom stereocenters. The highest BCUT2D eigenvalue weighted by atomic mass is 35.5. The first-order valence-electron chi connectivity index (χ1n) is 10.5. The van der Waals surface area contributed by atoms with Gasteiger partial charge in [-0.1, -0.05) is 49.7 Å². The normalized spacial score (nSPS) is 15.3. The zero-order valence-electron chi connectivity index (χ0n) is 18.6. The molecule has 2 aromatic rings. The predicted molar refractivity (Wildman–Crippen MR) is 124 cm³/mol. The lowest BCUT2D eigenvalue weighted by atomic mass is 10.1.